The predicted octanol–water partition coefficient (Wildman–Crippen LogP) is 6.03. The van der Waals surface area contributed by atoms with Crippen LogP contribution in [0.15, 0.2) is 36.4 Å². The molecule has 2 aromatic rings. The third kappa shape index (κ3) is 2.67. The molecule has 0 aromatic heterocycles. The number of rotatable bonds is 2. The largest absolute Gasteiger partial charge is 0.344 e. The van der Waals surface area contributed by atoms with Crippen LogP contribution in [0, 0.1) is 13.8 Å². The Morgan fingerprint density at radius 2 is 1.48 bits per heavy atom. The molecule has 1 heteroatoms. The number of hydrogen-bond donors (Lipinski definition) is 0. The topological polar surface area (TPSA) is 3.24 Å². The lowest BCUT2D eigenvalue weighted by molar-refractivity contribution is 0.403. The molecule has 23 heavy (non-hydrogen) atoms. The molecule has 0 atom stereocenters. The maximum Gasteiger partial charge on any atom is 0.0437 e. The number of nitrogens with zero attached hydrogens (tertiary/aromatic N) is 1. The van der Waals surface area contributed by atoms with E-state index >= 15 is 0 Å². The number of anilines is 2. The van der Waals surface area contributed by atoms with Gasteiger partial charge in [-0.05, 0) is 66.0 Å². The lowest BCUT2D eigenvalue weighted by Crippen LogP contribution is -2.18. The predicted molar refractivity (Wildman–Crippen MR) is 101 cm³/mol. The van der Waals surface area contributed by atoms with Gasteiger partial charge in [-0.2, -0.15) is 0 Å². The Morgan fingerprint density at radius 3 is 2.13 bits per heavy atom. The molecule has 1 aliphatic rings. The third-order valence-corrected chi connectivity index (χ3v) is 5.45. The highest BCUT2D eigenvalue weighted by Gasteiger charge is 2.41. The summed E-state index contributed by atoms with van der Waals surface area (Å²) in [5.74, 6) is 0. The standard InChI is InChI=1S/C22H29N/c1-15-8-11-20(16(2)12-15)23(7)17-9-10-18-19(13-17)22(5,6)14-21(18,3)4/h8-13H,14H2,1-7H3. The van der Waals surface area contributed by atoms with Gasteiger partial charge in [0.2, 0.25) is 0 Å². The SMILES string of the molecule is Cc1ccc(N(C)c2ccc3c(c2)C(C)(C)CC3(C)C)c(C)c1. The van der Waals surface area contributed by atoms with Crippen LogP contribution in [0.1, 0.15) is 56.4 Å². The van der Waals surface area contributed by atoms with Crippen LogP contribution in [0.3, 0.4) is 0 Å². The maximum atomic E-state index is 2.41. The molecule has 0 N–H and O–H groups in total. The Morgan fingerprint density at radius 1 is 0.826 bits per heavy atom. The summed E-state index contributed by atoms with van der Waals surface area (Å²) in [6, 6.07) is 13.7. The van der Waals surface area contributed by atoms with Crippen LogP contribution < -0.4 is 4.90 Å². The quantitative estimate of drug-likeness (QED) is 0.654. The van der Waals surface area contributed by atoms with Crippen molar-refractivity contribution in [2.75, 3.05) is 11.9 Å². The first-order valence-electron chi connectivity index (χ1n) is 8.58. The third-order valence-electron chi connectivity index (χ3n) is 5.45. The Balaban J connectivity index is 2.06. The molecule has 2 aromatic carbocycles. The highest BCUT2D eigenvalue weighted by Crippen LogP contribution is 2.50. The molecule has 0 saturated heterocycles. The van der Waals surface area contributed by atoms with Crippen LogP contribution in [0.25, 0.3) is 0 Å². The smallest absolute Gasteiger partial charge is 0.0437 e. The van der Waals surface area contributed by atoms with Crippen LogP contribution in [0.5, 0.6) is 0 Å². The van der Waals surface area contributed by atoms with E-state index < -0.39 is 0 Å². The molecular formula is C22H29N. The summed E-state index contributed by atoms with van der Waals surface area (Å²) in [5.41, 5.74) is 8.75. The van der Waals surface area contributed by atoms with Crippen molar-refractivity contribution < 1.29 is 0 Å². The fraction of sp³-hybridized carbons (Fsp3) is 0.455. The van der Waals surface area contributed by atoms with Gasteiger partial charge in [-0.25, -0.2) is 0 Å². The van der Waals surface area contributed by atoms with Crippen LogP contribution in [-0.2, 0) is 10.8 Å². The fourth-order valence-electron chi connectivity index (χ4n) is 4.51. The maximum absolute atomic E-state index is 2.41. The molecule has 3 rings (SSSR count). The molecule has 0 spiro atoms. The van der Waals surface area contributed by atoms with Gasteiger partial charge in [0.25, 0.3) is 0 Å². The highest BCUT2D eigenvalue weighted by atomic mass is 15.1. The van der Waals surface area contributed by atoms with Gasteiger partial charge in [-0.1, -0.05) is 51.5 Å². The van der Waals surface area contributed by atoms with Crippen molar-refractivity contribution in [1.29, 1.82) is 0 Å². The minimum Gasteiger partial charge on any atom is -0.344 e. The molecule has 1 nitrogen and oxygen atoms in total. The second-order valence-corrected chi connectivity index (χ2v) is 8.52. The molecule has 0 unspecified atom stereocenters. The average Bonchev–Trinajstić information content (AvgIpc) is 2.63. The van der Waals surface area contributed by atoms with E-state index in [1.807, 2.05) is 0 Å². The lowest BCUT2D eigenvalue weighted by atomic mass is 9.82. The van der Waals surface area contributed by atoms with Crippen molar-refractivity contribution in [3.8, 4) is 0 Å². The van der Waals surface area contributed by atoms with E-state index in [0.717, 1.165) is 0 Å². The minimum absolute atomic E-state index is 0.248. The van der Waals surface area contributed by atoms with Gasteiger partial charge >= 0.3 is 0 Å². The first kappa shape index (κ1) is 16.1. The first-order chi connectivity index (χ1) is 10.6. The second-order valence-electron chi connectivity index (χ2n) is 8.52. The number of fused-ring (bicyclic) bond motifs is 1. The van der Waals surface area contributed by atoms with Crippen LogP contribution in [-0.4, -0.2) is 7.05 Å². The van der Waals surface area contributed by atoms with Gasteiger partial charge in [0.15, 0.2) is 0 Å². The van der Waals surface area contributed by atoms with Crippen LogP contribution in [0.4, 0.5) is 11.4 Å². The molecule has 0 saturated carbocycles. The van der Waals surface area contributed by atoms with Crippen molar-refractivity contribution in [2.24, 2.45) is 0 Å². The van der Waals surface area contributed by atoms with E-state index in [4.69, 9.17) is 0 Å². The molecule has 0 amide bonds. The van der Waals surface area contributed by atoms with Gasteiger partial charge in [0.05, 0.1) is 0 Å². The van der Waals surface area contributed by atoms with Gasteiger partial charge in [0, 0.05) is 18.4 Å². The normalized spacial score (nSPS) is 17.9. The number of aryl methyl sites for hydroxylation is 2. The summed E-state index contributed by atoms with van der Waals surface area (Å²) in [7, 11) is 2.17. The summed E-state index contributed by atoms with van der Waals surface area (Å²) < 4.78 is 0. The monoisotopic (exact) mass is 307 g/mol. The molecule has 0 aliphatic heterocycles. The number of hydrogen-bond acceptors (Lipinski definition) is 1. The molecule has 0 heterocycles. The summed E-state index contributed by atoms with van der Waals surface area (Å²) >= 11 is 0. The van der Waals surface area contributed by atoms with Crippen LogP contribution in [0.2, 0.25) is 0 Å². The zero-order valence-electron chi connectivity index (χ0n) is 15.6. The zero-order chi connectivity index (χ0) is 17.0. The van der Waals surface area contributed by atoms with Gasteiger partial charge in [-0.15, -0.1) is 0 Å². The molecule has 0 bridgehead atoms. The Kier molecular flexibility index (Phi) is 3.59. The average molecular weight is 307 g/mol. The first-order valence-corrected chi connectivity index (χ1v) is 8.58. The number of benzene rings is 2. The van der Waals surface area contributed by atoms with Gasteiger partial charge in [-0.3, -0.25) is 0 Å². The van der Waals surface area contributed by atoms with E-state index in [-0.39, 0.29) is 10.8 Å². The molecule has 0 fully saturated rings. The molecule has 122 valence electrons. The summed E-state index contributed by atoms with van der Waals surface area (Å²) in [6.45, 7) is 13.8. The van der Waals surface area contributed by atoms with E-state index in [1.54, 1.807) is 0 Å². The van der Waals surface area contributed by atoms with Crippen molar-refractivity contribution in [3.63, 3.8) is 0 Å². The molecular weight excluding hydrogens is 278 g/mol. The van der Waals surface area contributed by atoms with Crippen LogP contribution >= 0.6 is 0 Å². The van der Waals surface area contributed by atoms with Crippen molar-refractivity contribution >= 4 is 11.4 Å². The second kappa shape index (κ2) is 5.12. The Hall–Kier alpha value is -1.76. The van der Waals surface area contributed by atoms with E-state index in [0.29, 0.717) is 0 Å². The van der Waals surface area contributed by atoms with Crippen molar-refractivity contribution in [2.45, 2.75) is 58.8 Å². The van der Waals surface area contributed by atoms with E-state index in [2.05, 4.69) is 89.9 Å². The van der Waals surface area contributed by atoms with Crippen molar-refractivity contribution in [3.05, 3.63) is 58.7 Å². The fourth-order valence-corrected chi connectivity index (χ4v) is 4.51. The lowest BCUT2D eigenvalue weighted by Gasteiger charge is -2.25. The van der Waals surface area contributed by atoms with E-state index in [1.165, 1.54) is 40.0 Å². The minimum atomic E-state index is 0.248. The summed E-state index contributed by atoms with van der Waals surface area (Å²) in [5, 5.41) is 0. The van der Waals surface area contributed by atoms with Crippen molar-refractivity contribution in [1.82, 2.24) is 0 Å². The Labute approximate surface area is 141 Å². The summed E-state index contributed by atoms with van der Waals surface area (Å²) in [4.78, 5) is 2.32. The van der Waals surface area contributed by atoms with Gasteiger partial charge < -0.3 is 4.90 Å². The summed E-state index contributed by atoms with van der Waals surface area (Å²) in [6.07, 6.45) is 1.21. The highest BCUT2D eigenvalue weighted by molar-refractivity contribution is 5.68. The Bertz CT molecular complexity index is 753. The van der Waals surface area contributed by atoms with E-state index in [9.17, 15) is 0 Å². The zero-order valence-corrected chi connectivity index (χ0v) is 15.6. The van der Waals surface area contributed by atoms with Gasteiger partial charge in [0.1, 0.15) is 0 Å². The molecule has 0 radical (unpaired) electrons. The molecule has 1 aliphatic carbocycles.